The van der Waals surface area contributed by atoms with Crippen LogP contribution < -0.4 is 11.3 Å². The largest absolute Gasteiger partial charge is 0.271 e. The Bertz CT molecular complexity index is 424. The Kier molecular flexibility index (Phi) is 3.83. The number of nitrogens with one attached hydrogen (secondary N) is 1. The SMILES string of the molecule is NNC(C1=CCCCC1)c1cc2c(s1)CCCC2. The molecule has 1 heterocycles. The van der Waals surface area contributed by atoms with Crippen molar-refractivity contribution in [3.8, 4) is 0 Å². The molecule has 1 atom stereocenters. The Morgan fingerprint density at radius 3 is 2.67 bits per heavy atom. The van der Waals surface area contributed by atoms with E-state index in [-0.39, 0.29) is 6.04 Å². The maximum atomic E-state index is 5.81. The summed E-state index contributed by atoms with van der Waals surface area (Å²) in [6.07, 6.45) is 12.7. The molecule has 98 valence electrons. The van der Waals surface area contributed by atoms with Crippen LogP contribution in [-0.2, 0) is 12.8 Å². The number of nitrogens with two attached hydrogens (primary N) is 1. The Labute approximate surface area is 113 Å². The molecule has 0 bridgehead atoms. The van der Waals surface area contributed by atoms with Gasteiger partial charge in [-0.1, -0.05) is 11.6 Å². The van der Waals surface area contributed by atoms with Gasteiger partial charge in [0.2, 0.25) is 0 Å². The molecule has 3 heteroatoms. The zero-order valence-corrected chi connectivity index (χ0v) is 11.7. The van der Waals surface area contributed by atoms with Crippen LogP contribution >= 0.6 is 11.3 Å². The van der Waals surface area contributed by atoms with Gasteiger partial charge in [0.1, 0.15) is 0 Å². The lowest BCUT2D eigenvalue weighted by Crippen LogP contribution is -2.29. The van der Waals surface area contributed by atoms with Crippen LogP contribution in [0, 0.1) is 0 Å². The summed E-state index contributed by atoms with van der Waals surface area (Å²) in [6.45, 7) is 0. The fourth-order valence-electron chi connectivity index (χ4n) is 3.15. The van der Waals surface area contributed by atoms with Gasteiger partial charge in [0, 0.05) is 9.75 Å². The number of aryl methyl sites for hydroxylation is 2. The molecule has 0 aromatic carbocycles. The lowest BCUT2D eigenvalue weighted by Gasteiger charge is -2.21. The lowest BCUT2D eigenvalue weighted by atomic mass is 9.92. The number of thiophene rings is 1. The predicted molar refractivity (Wildman–Crippen MR) is 77.6 cm³/mol. The van der Waals surface area contributed by atoms with E-state index in [0.29, 0.717) is 0 Å². The van der Waals surface area contributed by atoms with Gasteiger partial charge in [0.05, 0.1) is 6.04 Å². The number of allylic oxidation sites excluding steroid dienone is 1. The second-order valence-electron chi connectivity index (χ2n) is 5.43. The van der Waals surface area contributed by atoms with E-state index in [2.05, 4.69) is 17.6 Å². The van der Waals surface area contributed by atoms with Crippen LogP contribution in [-0.4, -0.2) is 0 Å². The molecule has 2 nitrogen and oxygen atoms in total. The Balaban J connectivity index is 1.86. The molecule has 18 heavy (non-hydrogen) atoms. The van der Waals surface area contributed by atoms with Crippen molar-refractivity contribution in [3.63, 3.8) is 0 Å². The van der Waals surface area contributed by atoms with Crippen molar-refractivity contribution >= 4 is 11.3 Å². The molecule has 1 aromatic heterocycles. The summed E-state index contributed by atoms with van der Waals surface area (Å²) in [4.78, 5) is 3.03. The van der Waals surface area contributed by atoms with E-state index in [0.717, 1.165) is 0 Å². The number of fused-ring (bicyclic) bond motifs is 1. The summed E-state index contributed by atoms with van der Waals surface area (Å²) in [5.41, 5.74) is 6.12. The third kappa shape index (κ3) is 2.40. The van der Waals surface area contributed by atoms with Gasteiger partial charge in [-0.05, 0) is 63.0 Å². The summed E-state index contributed by atoms with van der Waals surface area (Å²) in [6, 6.07) is 2.67. The van der Waals surface area contributed by atoms with Gasteiger partial charge in [0.25, 0.3) is 0 Å². The Morgan fingerprint density at radius 1 is 1.11 bits per heavy atom. The standard InChI is InChI=1S/C15H22N2S/c16-17-15(11-6-2-1-3-7-11)14-10-12-8-4-5-9-13(12)18-14/h6,10,15,17H,1-5,7-9,16H2. The molecule has 0 fully saturated rings. The van der Waals surface area contributed by atoms with Gasteiger partial charge < -0.3 is 0 Å². The second-order valence-corrected chi connectivity index (χ2v) is 6.60. The van der Waals surface area contributed by atoms with Crippen LogP contribution in [0.25, 0.3) is 0 Å². The lowest BCUT2D eigenvalue weighted by molar-refractivity contribution is 0.572. The van der Waals surface area contributed by atoms with Crippen LogP contribution in [0.15, 0.2) is 17.7 Å². The molecule has 2 aliphatic carbocycles. The molecule has 3 N–H and O–H groups in total. The van der Waals surface area contributed by atoms with Crippen molar-refractivity contribution in [1.29, 1.82) is 0 Å². The monoisotopic (exact) mass is 262 g/mol. The molecule has 0 radical (unpaired) electrons. The van der Waals surface area contributed by atoms with Gasteiger partial charge in [0.15, 0.2) is 0 Å². The minimum Gasteiger partial charge on any atom is -0.271 e. The number of rotatable bonds is 3. The molecule has 0 aliphatic heterocycles. The normalized spacial score (nSPS) is 21.3. The zero-order chi connectivity index (χ0) is 12.4. The topological polar surface area (TPSA) is 38.0 Å². The van der Waals surface area contributed by atoms with E-state index in [1.165, 1.54) is 61.8 Å². The molecular weight excluding hydrogens is 240 g/mol. The van der Waals surface area contributed by atoms with Crippen LogP contribution in [0.4, 0.5) is 0 Å². The highest BCUT2D eigenvalue weighted by Crippen LogP contribution is 2.37. The predicted octanol–water partition coefficient (Wildman–Crippen LogP) is 3.63. The molecule has 1 unspecified atom stereocenters. The molecule has 0 amide bonds. The first-order valence-corrected chi connectivity index (χ1v) is 7.96. The summed E-state index contributed by atoms with van der Waals surface area (Å²) in [5, 5.41) is 0. The molecule has 3 rings (SSSR count). The maximum absolute atomic E-state index is 5.81. The molecular formula is C15H22N2S. The highest BCUT2D eigenvalue weighted by atomic mass is 32.1. The van der Waals surface area contributed by atoms with Gasteiger partial charge in [-0.3, -0.25) is 5.84 Å². The molecule has 1 aromatic rings. The van der Waals surface area contributed by atoms with Gasteiger partial charge in [-0.2, -0.15) is 0 Å². The van der Waals surface area contributed by atoms with E-state index >= 15 is 0 Å². The van der Waals surface area contributed by atoms with Crippen LogP contribution in [0.1, 0.15) is 59.9 Å². The Hall–Kier alpha value is -0.640. The highest BCUT2D eigenvalue weighted by Gasteiger charge is 2.21. The average Bonchev–Trinajstić information content (AvgIpc) is 2.84. The number of hydrogen-bond donors (Lipinski definition) is 2. The van der Waals surface area contributed by atoms with Crippen LogP contribution in [0.2, 0.25) is 0 Å². The first-order valence-electron chi connectivity index (χ1n) is 7.15. The second kappa shape index (κ2) is 5.55. The van der Waals surface area contributed by atoms with Gasteiger partial charge in [-0.15, -0.1) is 11.3 Å². The average molecular weight is 262 g/mol. The molecule has 2 aliphatic rings. The first-order chi connectivity index (χ1) is 8.88. The van der Waals surface area contributed by atoms with E-state index in [1.54, 1.807) is 10.4 Å². The first kappa shape index (κ1) is 12.4. The smallest absolute Gasteiger partial charge is 0.0762 e. The van der Waals surface area contributed by atoms with Crippen LogP contribution in [0.3, 0.4) is 0 Å². The van der Waals surface area contributed by atoms with Gasteiger partial charge in [-0.25, -0.2) is 5.43 Å². The van der Waals surface area contributed by atoms with E-state index < -0.39 is 0 Å². The highest BCUT2D eigenvalue weighted by molar-refractivity contribution is 7.12. The summed E-state index contributed by atoms with van der Waals surface area (Å²) < 4.78 is 0. The summed E-state index contributed by atoms with van der Waals surface area (Å²) in [5.74, 6) is 5.81. The third-order valence-electron chi connectivity index (χ3n) is 4.16. The molecule has 0 saturated carbocycles. The van der Waals surface area contributed by atoms with Crippen LogP contribution in [0.5, 0.6) is 0 Å². The van der Waals surface area contributed by atoms with Crippen molar-refractivity contribution < 1.29 is 0 Å². The van der Waals surface area contributed by atoms with Crippen molar-refractivity contribution in [1.82, 2.24) is 5.43 Å². The minimum absolute atomic E-state index is 0.265. The fraction of sp³-hybridized carbons (Fsp3) is 0.600. The van der Waals surface area contributed by atoms with Crippen molar-refractivity contribution in [2.45, 2.75) is 57.4 Å². The van der Waals surface area contributed by atoms with Crippen molar-refractivity contribution in [2.75, 3.05) is 0 Å². The zero-order valence-electron chi connectivity index (χ0n) is 10.9. The van der Waals surface area contributed by atoms with E-state index in [1.807, 2.05) is 11.3 Å². The fourth-order valence-corrected chi connectivity index (χ4v) is 4.51. The quantitative estimate of drug-likeness (QED) is 0.496. The maximum Gasteiger partial charge on any atom is 0.0762 e. The third-order valence-corrected chi connectivity index (χ3v) is 5.47. The molecule has 0 saturated heterocycles. The summed E-state index contributed by atoms with van der Waals surface area (Å²) in [7, 11) is 0. The van der Waals surface area contributed by atoms with E-state index in [9.17, 15) is 0 Å². The van der Waals surface area contributed by atoms with Crippen molar-refractivity contribution in [3.05, 3.63) is 33.0 Å². The minimum atomic E-state index is 0.265. The van der Waals surface area contributed by atoms with Crippen molar-refractivity contribution in [2.24, 2.45) is 5.84 Å². The number of hydrazine groups is 1. The van der Waals surface area contributed by atoms with E-state index in [4.69, 9.17) is 5.84 Å². The van der Waals surface area contributed by atoms with Gasteiger partial charge >= 0.3 is 0 Å². The molecule has 0 spiro atoms. The summed E-state index contributed by atoms with van der Waals surface area (Å²) >= 11 is 1.98. The number of hydrogen-bond acceptors (Lipinski definition) is 3. The Morgan fingerprint density at radius 2 is 1.94 bits per heavy atom.